The van der Waals surface area contributed by atoms with E-state index in [2.05, 4.69) is 0 Å². The molecule has 1 amide bonds. The summed E-state index contributed by atoms with van der Waals surface area (Å²) < 4.78 is 5.23. The summed E-state index contributed by atoms with van der Waals surface area (Å²) in [5.41, 5.74) is -0.149. The Morgan fingerprint density at radius 2 is 2.10 bits per heavy atom. The van der Waals surface area contributed by atoms with Gasteiger partial charge in [-0.1, -0.05) is 0 Å². The summed E-state index contributed by atoms with van der Waals surface area (Å²) in [5, 5.41) is 20.2. The molecule has 0 atom stereocenters. The number of nitro groups is 1. The predicted molar refractivity (Wildman–Crippen MR) is 70.7 cm³/mol. The predicted octanol–water partition coefficient (Wildman–Crippen LogP) is 1.55. The molecular formula is C13H16N2O5. The zero-order valence-electron chi connectivity index (χ0n) is 11.1. The summed E-state index contributed by atoms with van der Waals surface area (Å²) in [4.78, 5) is 23.8. The van der Waals surface area contributed by atoms with Crippen molar-refractivity contribution in [2.24, 2.45) is 0 Å². The van der Waals surface area contributed by atoms with Crippen LogP contribution in [0.3, 0.4) is 0 Å². The number of methoxy groups -OCH3 is 1. The number of likely N-dealkylation sites (tertiary alicyclic amines) is 1. The zero-order valence-corrected chi connectivity index (χ0v) is 11.1. The minimum atomic E-state index is -0.687. The third-order valence-corrected chi connectivity index (χ3v) is 3.48. The van der Waals surface area contributed by atoms with Crippen LogP contribution in [0.25, 0.3) is 0 Å². The Hall–Kier alpha value is -2.15. The van der Waals surface area contributed by atoms with Gasteiger partial charge in [0.25, 0.3) is 5.91 Å². The number of ether oxygens (including phenoxy) is 1. The molecule has 1 aromatic rings. The fourth-order valence-electron chi connectivity index (χ4n) is 2.29. The maximum Gasteiger partial charge on any atom is 0.310 e. The normalized spacial score (nSPS) is 16.1. The highest BCUT2D eigenvalue weighted by Gasteiger charge is 2.24. The van der Waals surface area contributed by atoms with Crippen LogP contribution in [0.5, 0.6) is 5.75 Å². The third kappa shape index (κ3) is 2.88. The van der Waals surface area contributed by atoms with Crippen LogP contribution >= 0.6 is 0 Å². The molecule has 1 saturated heterocycles. The number of nitro benzene ring substituents is 1. The Kier molecular flexibility index (Phi) is 4.19. The van der Waals surface area contributed by atoms with Crippen LogP contribution in [0.2, 0.25) is 0 Å². The van der Waals surface area contributed by atoms with Crippen LogP contribution in [-0.2, 0) is 4.74 Å². The molecular weight excluding hydrogens is 264 g/mol. The molecule has 7 heteroatoms. The van der Waals surface area contributed by atoms with Gasteiger partial charge in [-0.25, -0.2) is 0 Å². The van der Waals surface area contributed by atoms with E-state index in [0.29, 0.717) is 13.1 Å². The molecule has 0 unspecified atom stereocenters. The van der Waals surface area contributed by atoms with Crippen LogP contribution < -0.4 is 0 Å². The van der Waals surface area contributed by atoms with Crippen LogP contribution in [0.4, 0.5) is 5.69 Å². The Bertz CT molecular complexity index is 523. The van der Waals surface area contributed by atoms with Gasteiger partial charge in [-0.05, 0) is 25.0 Å². The fraction of sp³-hybridized carbons (Fsp3) is 0.462. The number of amides is 1. The standard InChI is InChI=1S/C13H16N2O5/c1-20-10-4-6-14(7-5-10)13(17)9-2-3-11(15(18)19)12(16)8-9/h2-3,8,10,16H,4-7H2,1H3. The Morgan fingerprint density at radius 3 is 2.60 bits per heavy atom. The van der Waals surface area contributed by atoms with Crippen LogP contribution in [0, 0.1) is 10.1 Å². The van der Waals surface area contributed by atoms with Gasteiger partial charge in [-0.2, -0.15) is 0 Å². The van der Waals surface area contributed by atoms with E-state index in [1.165, 1.54) is 6.07 Å². The van der Waals surface area contributed by atoms with Crippen molar-refractivity contribution in [1.82, 2.24) is 4.90 Å². The molecule has 1 fully saturated rings. The summed E-state index contributed by atoms with van der Waals surface area (Å²) in [5.74, 6) is -0.725. The molecule has 0 saturated carbocycles. The lowest BCUT2D eigenvalue weighted by Gasteiger charge is -2.31. The molecule has 0 aliphatic carbocycles. The van der Waals surface area contributed by atoms with Gasteiger partial charge < -0.3 is 14.7 Å². The second kappa shape index (κ2) is 5.87. The van der Waals surface area contributed by atoms with Gasteiger partial charge in [-0.15, -0.1) is 0 Å². The minimum Gasteiger partial charge on any atom is -0.502 e. The van der Waals surface area contributed by atoms with Gasteiger partial charge in [0.15, 0.2) is 5.75 Å². The first-order chi connectivity index (χ1) is 9.52. The summed E-state index contributed by atoms with van der Waals surface area (Å²) in [6.07, 6.45) is 1.70. The number of benzene rings is 1. The average molecular weight is 280 g/mol. The van der Waals surface area contributed by atoms with E-state index in [1.54, 1.807) is 12.0 Å². The number of nitrogens with zero attached hydrogens (tertiary/aromatic N) is 2. The van der Waals surface area contributed by atoms with Crippen LogP contribution in [0.15, 0.2) is 18.2 Å². The summed E-state index contributed by atoms with van der Waals surface area (Å²) in [6.45, 7) is 1.16. The van der Waals surface area contributed by atoms with Gasteiger partial charge in [0.2, 0.25) is 0 Å². The molecule has 1 heterocycles. The molecule has 20 heavy (non-hydrogen) atoms. The summed E-state index contributed by atoms with van der Waals surface area (Å²) in [6, 6.07) is 3.65. The first-order valence-corrected chi connectivity index (χ1v) is 6.32. The number of phenols is 1. The van der Waals surface area contributed by atoms with Crippen molar-refractivity contribution in [2.75, 3.05) is 20.2 Å². The van der Waals surface area contributed by atoms with Crippen molar-refractivity contribution in [1.29, 1.82) is 0 Å². The molecule has 0 bridgehead atoms. The Labute approximate surface area is 115 Å². The second-order valence-electron chi connectivity index (χ2n) is 4.69. The molecule has 1 aliphatic heterocycles. The van der Waals surface area contributed by atoms with E-state index >= 15 is 0 Å². The number of rotatable bonds is 3. The van der Waals surface area contributed by atoms with E-state index in [-0.39, 0.29) is 17.6 Å². The molecule has 0 spiro atoms. The molecule has 7 nitrogen and oxygen atoms in total. The van der Waals surface area contributed by atoms with Gasteiger partial charge in [0.1, 0.15) is 0 Å². The average Bonchev–Trinajstić information content (AvgIpc) is 2.46. The van der Waals surface area contributed by atoms with Gasteiger partial charge >= 0.3 is 5.69 Å². The number of carbonyl (C=O) groups excluding carboxylic acids is 1. The van der Waals surface area contributed by atoms with Crippen LogP contribution in [0.1, 0.15) is 23.2 Å². The first kappa shape index (κ1) is 14.3. The maximum absolute atomic E-state index is 12.2. The van der Waals surface area contributed by atoms with Crippen molar-refractivity contribution in [3.05, 3.63) is 33.9 Å². The monoisotopic (exact) mass is 280 g/mol. The largest absolute Gasteiger partial charge is 0.502 e. The number of piperidine rings is 1. The highest BCUT2D eigenvalue weighted by atomic mass is 16.6. The maximum atomic E-state index is 12.2. The molecule has 1 N–H and O–H groups in total. The molecule has 108 valence electrons. The number of carbonyl (C=O) groups is 1. The molecule has 1 aliphatic rings. The van der Waals surface area contributed by atoms with Crippen LogP contribution in [-0.4, -0.2) is 47.1 Å². The Balaban J connectivity index is 2.10. The zero-order chi connectivity index (χ0) is 14.7. The number of aromatic hydroxyl groups is 1. The van der Waals surface area contributed by atoms with E-state index in [1.807, 2.05) is 0 Å². The quantitative estimate of drug-likeness (QED) is 0.669. The topological polar surface area (TPSA) is 92.9 Å². The molecule has 0 aromatic heterocycles. The van der Waals surface area contributed by atoms with Gasteiger partial charge in [0, 0.05) is 31.8 Å². The Morgan fingerprint density at radius 1 is 1.45 bits per heavy atom. The van der Waals surface area contributed by atoms with E-state index in [0.717, 1.165) is 25.0 Å². The lowest BCUT2D eigenvalue weighted by molar-refractivity contribution is -0.385. The van der Waals surface area contributed by atoms with Crippen molar-refractivity contribution >= 4 is 11.6 Å². The van der Waals surface area contributed by atoms with Crippen molar-refractivity contribution < 1.29 is 19.6 Å². The van der Waals surface area contributed by atoms with E-state index < -0.39 is 16.4 Å². The van der Waals surface area contributed by atoms with Crippen molar-refractivity contribution in [3.63, 3.8) is 0 Å². The number of phenolic OH excluding ortho intramolecular Hbond substituents is 1. The smallest absolute Gasteiger partial charge is 0.310 e. The summed E-state index contributed by atoms with van der Waals surface area (Å²) in [7, 11) is 1.65. The second-order valence-corrected chi connectivity index (χ2v) is 4.69. The summed E-state index contributed by atoms with van der Waals surface area (Å²) >= 11 is 0. The fourth-order valence-corrected chi connectivity index (χ4v) is 2.29. The van der Waals surface area contributed by atoms with E-state index in [9.17, 15) is 20.0 Å². The third-order valence-electron chi connectivity index (χ3n) is 3.48. The highest BCUT2D eigenvalue weighted by molar-refractivity contribution is 5.95. The highest BCUT2D eigenvalue weighted by Crippen LogP contribution is 2.27. The number of hydrogen-bond acceptors (Lipinski definition) is 5. The van der Waals surface area contributed by atoms with Gasteiger partial charge in [-0.3, -0.25) is 14.9 Å². The first-order valence-electron chi connectivity index (χ1n) is 6.32. The molecule has 2 rings (SSSR count). The van der Waals surface area contributed by atoms with Crippen molar-refractivity contribution in [2.45, 2.75) is 18.9 Å². The lowest BCUT2D eigenvalue weighted by Crippen LogP contribution is -2.40. The van der Waals surface area contributed by atoms with Crippen molar-refractivity contribution in [3.8, 4) is 5.75 Å². The minimum absolute atomic E-state index is 0.171. The number of hydrogen-bond donors (Lipinski definition) is 1. The van der Waals surface area contributed by atoms with Gasteiger partial charge in [0.05, 0.1) is 11.0 Å². The SMILES string of the molecule is COC1CCN(C(=O)c2ccc([N+](=O)[O-])c(O)c2)CC1. The lowest BCUT2D eigenvalue weighted by atomic mass is 10.1. The molecule has 0 radical (unpaired) electrons. The molecule has 1 aromatic carbocycles. The van der Waals surface area contributed by atoms with E-state index in [4.69, 9.17) is 4.74 Å².